The molecule has 0 heterocycles. The summed E-state index contributed by atoms with van der Waals surface area (Å²) in [7, 11) is 0. The fraction of sp³-hybridized carbons (Fsp3) is 1.00. The van der Waals surface area contributed by atoms with Gasteiger partial charge in [0.05, 0.1) is 50.8 Å². The van der Waals surface area contributed by atoms with Gasteiger partial charge in [-0.3, -0.25) is 9.80 Å². The highest BCUT2D eigenvalue weighted by atomic mass is 16.5. The molecular formula is C66H136N2O8. The third kappa shape index (κ3) is 59.7. The van der Waals surface area contributed by atoms with Crippen LogP contribution in [0, 0.1) is 0 Å². The number of aliphatic hydroxyl groups excluding tert-OH is 4. The van der Waals surface area contributed by atoms with Gasteiger partial charge >= 0.3 is 0 Å². The van der Waals surface area contributed by atoms with Crippen molar-refractivity contribution >= 4 is 0 Å². The zero-order chi connectivity index (χ0) is 55.3. The van der Waals surface area contributed by atoms with Crippen molar-refractivity contribution in [3.8, 4) is 0 Å². The molecule has 76 heavy (non-hydrogen) atoms. The molecule has 0 saturated heterocycles. The Hall–Kier alpha value is -0.400. The molecule has 4 atom stereocenters. The lowest BCUT2D eigenvalue weighted by atomic mass is 10.1. The van der Waals surface area contributed by atoms with Gasteiger partial charge in [-0.1, -0.05) is 272 Å². The van der Waals surface area contributed by atoms with Crippen LogP contribution in [-0.2, 0) is 18.9 Å². The van der Waals surface area contributed by atoms with E-state index in [-0.39, 0.29) is 0 Å². The number of rotatable bonds is 67. The lowest BCUT2D eigenvalue weighted by molar-refractivity contribution is -0.0121. The Labute approximate surface area is 474 Å². The lowest BCUT2D eigenvalue weighted by Gasteiger charge is -2.28. The summed E-state index contributed by atoms with van der Waals surface area (Å²) in [5.41, 5.74) is 0. The number of unbranched alkanes of at least 4 members (excludes halogenated alkanes) is 39. The number of nitrogens with zero attached hydrogens (tertiary/aromatic N) is 2. The Morgan fingerprint density at radius 1 is 0.224 bits per heavy atom. The summed E-state index contributed by atoms with van der Waals surface area (Å²) in [4.78, 5) is 4.40. The maximum atomic E-state index is 11.1. The van der Waals surface area contributed by atoms with Crippen LogP contribution in [0.3, 0.4) is 0 Å². The monoisotopic (exact) mass is 1090 g/mol. The molecule has 0 aromatic rings. The maximum absolute atomic E-state index is 11.1. The number of hydrogen-bond acceptors (Lipinski definition) is 10. The van der Waals surface area contributed by atoms with Crippen molar-refractivity contribution in [2.24, 2.45) is 0 Å². The Morgan fingerprint density at radius 2 is 0.382 bits per heavy atom. The van der Waals surface area contributed by atoms with E-state index in [0.29, 0.717) is 79.0 Å². The second-order valence-corrected chi connectivity index (χ2v) is 23.6. The first-order valence-electron chi connectivity index (χ1n) is 33.8. The van der Waals surface area contributed by atoms with Crippen LogP contribution in [0.25, 0.3) is 0 Å². The minimum atomic E-state index is -0.605. The molecule has 458 valence electrons. The van der Waals surface area contributed by atoms with Crippen molar-refractivity contribution in [1.29, 1.82) is 0 Å². The standard InChI is InChI=1S/C66H136N2O8/c1-5-9-13-17-21-25-29-33-39-45-51-73-59-63(69)55-67(56-64(70)60-74-52-46-40-34-30-26-22-18-14-10-6-2)49-43-37-38-44-50-68(57-65(71)61-75-53-47-41-35-31-27-23-19-15-11-7-3)58-66(72)62-76-54-48-42-36-32-28-24-20-16-12-8-4/h63-66,69-72H,5-62H2,1-4H3. The summed E-state index contributed by atoms with van der Waals surface area (Å²) >= 11 is 0. The first-order chi connectivity index (χ1) is 37.4. The predicted octanol–water partition coefficient (Wildman–Crippen LogP) is 16.3. The van der Waals surface area contributed by atoms with Gasteiger partial charge in [-0.25, -0.2) is 0 Å². The Kier molecular flexibility index (Phi) is 63.4. The average Bonchev–Trinajstić information content (AvgIpc) is 3.40. The van der Waals surface area contributed by atoms with E-state index in [1.54, 1.807) is 0 Å². The van der Waals surface area contributed by atoms with Crippen molar-refractivity contribution in [3.05, 3.63) is 0 Å². The molecular weight excluding hydrogens is 949 g/mol. The predicted molar refractivity (Wildman–Crippen MR) is 326 cm³/mol. The molecule has 0 bridgehead atoms. The van der Waals surface area contributed by atoms with Crippen molar-refractivity contribution in [2.75, 3.05) is 92.1 Å². The summed E-state index contributed by atoms with van der Waals surface area (Å²) in [6, 6.07) is 0. The van der Waals surface area contributed by atoms with Gasteiger partial charge in [0, 0.05) is 52.6 Å². The van der Waals surface area contributed by atoms with Gasteiger partial charge in [-0.05, 0) is 51.6 Å². The molecule has 0 radical (unpaired) electrons. The summed E-state index contributed by atoms with van der Waals surface area (Å²) in [6.07, 6.45) is 53.2. The van der Waals surface area contributed by atoms with E-state index < -0.39 is 24.4 Å². The van der Waals surface area contributed by atoms with Gasteiger partial charge in [0.15, 0.2) is 0 Å². The molecule has 0 aliphatic rings. The molecule has 4 unspecified atom stereocenters. The van der Waals surface area contributed by atoms with E-state index in [0.717, 1.165) is 64.5 Å². The zero-order valence-electron chi connectivity index (χ0n) is 51.6. The molecule has 4 N–H and O–H groups in total. The Bertz CT molecular complexity index is 909. The van der Waals surface area contributed by atoms with Crippen LogP contribution in [0.1, 0.15) is 310 Å². The molecule has 0 amide bonds. The van der Waals surface area contributed by atoms with E-state index in [2.05, 4.69) is 37.5 Å². The normalized spacial score (nSPS) is 13.7. The molecule has 0 aliphatic heterocycles. The molecule has 10 heteroatoms. The fourth-order valence-electron chi connectivity index (χ4n) is 10.6. The second kappa shape index (κ2) is 63.8. The maximum Gasteiger partial charge on any atom is 0.0900 e. The van der Waals surface area contributed by atoms with E-state index in [1.165, 1.54) is 231 Å². The van der Waals surface area contributed by atoms with Crippen LogP contribution >= 0.6 is 0 Å². The second-order valence-electron chi connectivity index (χ2n) is 23.6. The van der Waals surface area contributed by atoms with Gasteiger partial charge in [-0.2, -0.15) is 0 Å². The van der Waals surface area contributed by atoms with Gasteiger partial charge < -0.3 is 39.4 Å². The van der Waals surface area contributed by atoms with E-state index in [1.807, 2.05) is 0 Å². The molecule has 10 nitrogen and oxygen atoms in total. The fourth-order valence-corrected chi connectivity index (χ4v) is 10.6. The van der Waals surface area contributed by atoms with E-state index in [9.17, 15) is 20.4 Å². The van der Waals surface area contributed by atoms with Crippen LogP contribution in [0.4, 0.5) is 0 Å². The largest absolute Gasteiger partial charge is 0.389 e. The van der Waals surface area contributed by atoms with Crippen molar-refractivity contribution < 1.29 is 39.4 Å². The zero-order valence-corrected chi connectivity index (χ0v) is 51.6. The first kappa shape index (κ1) is 75.6. The SMILES string of the molecule is CCCCCCCCCCCCOCC(O)CN(CCCCCCN(CC(O)COCCCCCCCCCCCC)CC(O)COCCCCCCCCCCCC)CC(O)COCCCCCCCCCCCC. The van der Waals surface area contributed by atoms with E-state index >= 15 is 0 Å². The highest BCUT2D eigenvalue weighted by Gasteiger charge is 2.19. The van der Waals surface area contributed by atoms with Crippen molar-refractivity contribution in [2.45, 2.75) is 335 Å². The van der Waals surface area contributed by atoms with Crippen LogP contribution in [0.5, 0.6) is 0 Å². The molecule has 0 spiro atoms. The molecule has 0 fully saturated rings. The van der Waals surface area contributed by atoms with Crippen molar-refractivity contribution in [3.63, 3.8) is 0 Å². The lowest BCUT2D eigenvalue weighted by Crippen LogP contribution is -2.41. The first-order valence-corrected chi connectivity index (χ1v) is 33.8. The summed E-state index contributed by atoms with van der Waals surface area (Å²) in [6.45, 7) is 16.6. The Balaban J connectivity index is 5.00. The number of ether oxygens (including phenoxy) is 4. The van der Waals surface area contributed by atoms with Gasteiger partial charge in [0.1, 0.15) is 0 Å². The van der Waals surface area contributed by atoms with E-state index in [4.69, 9.17) is 18.9 Å². The average molecular weight is 1090 g/mol. The molecule has 0 aromatic heterocycles. The molecule has 0 rings (SSSR count). The van der Waals surface area contributed by atoms with Gasteiger partial charge in [0.2, 0.25) is 0 Å². The molecule has 0 saturated carbocycles. The molecule has 0 aromatic carbocycles. The third-order valence-electron chi connectivity index (χ3n) is 15.4. The van der Waals surface area contributed by atoms with Crippen LogP contribution < -0.4 is 0 Å². The quantitative estimate of drug-likeness (QED) is 0.0438. The van der Waals surface area contributed by atoms with Crippen LogP contribution in [0.15, 0.2) is 0 Å². The van der Waals surface area contributed by atoms with Gasteiger partial charge in [-0.15, -0.1) is 0 Å². The topological polar surface area (TPSA) is 124 Å². The highest BCUT2D eigenvalue weighted by molar-refractivity contribution is 4.72. The molecule has 0 aliphatic carbocycles. The minimum Gasteiger partial charge on any atom is -0.389 e. The smallest absolute Gasteiger partial charge is 0.0900 e. The van der Waals surface area contributed by atoms with Gasteiger partial charge in [0.25, 0.3) is 0 Å². The third-order valence-corrected chi connectivity index (χ3v) is 15.4. The summed E-state index contributed by atoms with van der Waals surface area (Å²) in [5.74, 6) is 0. The number of aliphatic hydroxyl groups is 4. The summed E-state index contributed by atoms with van der Waals surface area (Å²) < 4.78 is 23.8. The number of hydrogen-bond donors (Lipinski definition) is 4. The van der Waals surface area contributed by atoms with Crippen molar-refractivity contribution in [1.82, 2.24) is 9.80 Å². The minimum absolute atomic E-state index is 0.321. The summed E-state index contributed by atoms with van der Waals surface area (Å²) in [5, 5.41) is 44.3. The highest BCUT2D eigenvalue weighted by Crippen LogP contribution is 2.15. The van der Waals surface area contributed by atoms with Crippen LogP contribution in [0.2, 0.25) is 0 Å². The van der Waals surface area contributed by atoms with Crippen LogP contribution in [-0.4, -0.2) is 147 Å². The Morgan fingerprint density at radius 3 is 0.566 bits per heavy atom.